The number of likely N-dealkylation sites (tertiary alicyclic amines) is 1. The maximum absolute atomic E-state index is 4.27. The van der Waals surface area contributed by atoms with Crippen molar-refractivity contribution >= 4 is 29.9 Å². The van der Waals surface area contributed by atoms with Crippen LogP contribution >= 0.6 is 24.0 Å². The van der Waals surface area contributed by atoms with Gasteiger partial charge in [0.2, 0.25) is 0 Å². The highest BCUT2D eigenvalue weighted by Crippen LogP contribution is 2.13. The average Bonchev–Trinajstić information content (AvgIpc) is 3.15. The minimum atomic E-state index is 0. The molecule has 1 atom stereocenters. The van der Waals surface area contributed by atoms with E-state index in [9.17, 15) is 0 Å². The normalized spacial score (nSPS) is 17.1. The number of aromatic nitrogens is 3. The van der Waals surface area contributed by atoms with Gasteiger partial charge in [-0.25, -0.2) is 4.98 Å². The smallest absolute Gasteiger partial charge is 0.191 e. The molecule has 1 aliphatic heterocycles. The molecule has 0 saturated carbocycles. The maximum atomic E-state index is 4.27. The number of rotatable bonds is 6. The van der Waals surface area contributed by atoms with Crippen LogP contribution in [0.1, 0.15) is 32.0 Å². The maximum Gasteiger partial charge on any atom is 0.191 e. The fourth-order valence-electron chi connectivity index (χ4n) is 2.72. The van der Waals surface area contributed by atoms with Crippen LogP contribution in [0.25, 0.3) is 0 Å². The first-order chi connectivity index (χ1) is 10.2. The summed E-state index contributed by atoms with van der Waals surface area (Å²) >= 11 is 0. The predicted octanol–water partition coefficient (Wildman–Crippen LogP) is 0.972. The van der Waals surface area contributed by atoms with Gasteiger partial charge in [-0.05, 0) is 32.4 Å². The molecule has 2 rings (SSSR count). The van der Waals surface area contributed by atoms with Crippen molar-refractivity contribution in [1.82, 2.24) is 30.3 Å². The Morgan fingerprint density at radius 1 is 1.36 bits per heavy atom. The zero-order chi connectivity index (χ0) is 15.1. The number of aliphatic imine (C=N–C) groups is 1. The van der Waals surface area contributed by atoms with Gasteiger partial charge < -0.3 is 10.6 Å². The van der Waals surface area contributed by atoms with E-state index in [0.29, 0.717) is 12.6 Å². The lowest BCUT2D eigenvalue weighted by molar-refractivity contribution is 0.236. The molecule has 2 N–H and O–H groups in total. The van der Waals surface area contributed by atoms with Gasteiger partial charge in [-0.3, -0.25) is 14.6 Å². The molecule has 1 fully saturated rings. The number of hydrogen-bond donors (Lipinski definition) is 2. The minimum Gasteiger partial charge on any atom is -0.355 e. The number of nitrogens with zero attached hydrogens (tertiary/aromatic N) is 5. The molecule has 1 aliphatic rings. The molecular weight excluding hydrogens is 393 g/mol. The average molecular weight is 421 g/mol. The van der Waals surface area contributed by atoms with Crippen LogP contribution in [-0.4, -0.2) is 58.3 Å². The van der Waals surface area contributed by atoms with Crippen LogP contribution in [0.4, 0.5) is 0 Å². The van der Waals surface area contributed by atoms with Gasteiger partial charge in [-0.15, -0.1) is 24.0 Å². The molecule has 0 amide bonds. The fraction of sp³-hybridized carbons (Fsp3) is 0.786. The van der Waals surface area contributed by atoms with Gasteiger partial charge in [-0.1, -0.05) is 6.92 Å². The molecule has 1 unspecified atom stereocenters. The van der Waals surface area contributed by atoms with Gasteiger partial charge in [0.1, 0.15) is 12.2 Å². The van der Waals surface area contributed by atoms with E-state index in [1.807, 2.05) is 7.05 Å². The Labute approximate surface area is 150 Å². The standard InChI is InChI=1S/C14H27N7.HI/c1-4-12(21-7-5-6-8-21)9-16-14(15-2)17-10-13-18-11-19-20(13)3;/h11-12H,4-10H2,1-3H3,(H2,15,16,17);1H. The molecule has 0 bridgehead atoms. The third-order valence-corrected chi connectivity index (χ3v) is 4.08. The first-order valence-electron chi connectivity index (χ1n) is 7.76. The second-order valence-corrected chi connectivity index (χ2v) is 5.41. The Hall–Kier alpha value is -0.900. The molecule has 0 radical (unpaired) electrons. The highest BCUT2D eigenvalue weighted by atomic mass is 127. The topological polar surface area (TPSA) is 70.4 Å². The summed E-state index contributed by atoms with van der Waals surface area (Å²) in [5.74, 6) is 1.71. The van der Waals surface area contributed by atoms with Crippen LogP contribution < -0.4 is 10.6 Å². The van der Waals surface area contributed by atoms with Crippen molar-refractivity contribution in [2.24, 2.45) is 12.0 Å². The SMILES string of the molecule is CCC(CNC(=NC)NCc1ncnn1C)N1CCCC1.I. The zero-order valence-corrected chi connectivity index (χ0v) is 16.1. The Morgan fingerprint density at radius 2 is 2.09 bits per heavy atom. The summed E-state index contributed by atoms with van der Waals surface area (Å²) in [6.45, 7) is 6.25. The van der Waals surface area contributed by atoms with E-state index in [2.05, 4.69) is 37.5 Å². The molecule has 1 saturated heterocycles. The molecule has 0 aliphatic carbocycles. The van der Waals surface area contributed by atoms with Crippen LogP contribution in [0, 0.1) is 0 Å². The molecule has 2 heterocycles. The number of nitrogens with one attached hydrogen (secondary N) is 2. The van der Waals surface area contributed by atoms with E-state index < -0.39 is 0 Å². The Morgan fingerprint density at radius 3 is 2.64 bits per heavy atom. The summed E-state index contributed by atoms with van der Waals surface area (Å²) in [5.41, 5.74) is 0. The third kappa shape index (κ3) is 5.38. The molecule has 1 aromatic heterocycles. The summed E-state index contributed by atoms with van der Waals surface area (Å²) in [6, 6.07) is 0.584. The van der Waals surface area contributed by atoms with Crippen molar-refractivity contribution in [3.8, 4) is 0 Å². The summed E-state index contributed by atoms with van der Waals surface area (Å²) in [6.07, 6.45) is 5.38. The van der Waals surface area contributed by atoms with Gasteiger partial charge in [0.15, 0.2) is 5.96 Å². The molecule has 126 valence electrons. The number of guanidine groups is 1. The second kappa shape index (κ2) is 9.98. The quantitative estimate of drug-likeness (QED) is 0.407. The molecule has 0 aromatic carbocycles. The van der Waals surface area contributed by atoms with Crippen molar-refractivity contribution in [2.75, 3.05) is 26.7 Å². The lowest BCUT2D eigenvalue weighted by Gasteiger charge is -2.27. The third-order valence-electron chi connectivity index (χ3n) is 4.08. The lowest BCUT2D eigenvalue weighted by Crippen LogP contribution is -2.46. The Kier molecular flexibility index (Phi) is 8.69. The van der Waals surface area contributed by atoms with Crippen molar-refractivity contribution < 1.29 is 0 Å². The van der Waals surface area contributed by atoms with E-state index in [1.165, 1.54) is 25.9 Å². The largest absolute Gasteiger partial charge is 0.355 e. The first-order valence-corrected chi connectivity index (χ1v) is 7.76. The van der Waals surface area contributed by atoms with Crippen LogP contribution in [0.5, 0.6) is 0 Å². The summed E-state index contributed by atoms with van der Waals surface area (Å²) < 4.78 is 1.76. The summed E-state index contributed by atoms with van der Waals surface area (Å²) in [7, 11) is 3.68. The highest BCUT2D eigenvalue weighted by molar-refractivity contribution is 14.0. The van der Waals surface area contributed by atoms with E-state index in [-0.39, 0.29) is 24.0 Å². The molecule has 0 spiro atoms. The Bertz CT molecular complexity index is 454. The molecule has 8 heteroatoms. The van der Waals surface area contributed by atoms with Gasteiger partial charge in [0, 0.05) is 26.7 Å². The lowest BCUT2D eigenvalue weighted by atomic mass is 10.2. The van der Waals surface area contributed by atoms with E-state index in [1.54, 1.807) is 18.1 Å². The van der Waals surface area contributed by atoms with Crippen molar-refractivity contribution in [2.45, 2.75) is 38.8 Å². The molecule has 1 aromatic rings. The van der Waals surface area contributed by atoms with Crippen molar-refractivity contribution in [1.29, 1.82) is 0 Å². The summed E-state index contributed by atoms with van der Waals surface area (Å²) in [4.78, 5) is 11.0. The number of aryl methyl sites for hydroxylation is 1. The van der Waals surface area contributed by atoms with Crippen LogP contribution in [0.2, 0.25) is 0 Å². The highest BCUT2D eigenvalue weighted by Gasteiger charge is 2.20. The van der Waals surface area contributed by atoms with Crippen LogP contribution in [-0.2, 0) is 13.6 Å². The monoisotopic (exact) mass is 421 g/mol. The van der Waals surface area contributed by atoms with Gasteiger partial charge >= 0.3 is 0 Å². The van der Waals surface area contributed by atoms with Gasteiger partial charge in [0.25, 0.3) is 0 Å². The van der Waals surface area contributed by atoms with Crippen LogP contribution in [0.3, 0.4) is 0 Å². The van der Waals surface area contributed by atoms with Crippen molar-refractivity contribution in [3.63, 3.8) is 0 Å². The molecule has 22 heavy (non-hydrogen) atoms. The van der Waals surface area contributed by atoms with Gasteiger partial charge in [0.05, 0.1) is 6.54 Å². The molecule has 7 nitrogen and oxygen atoms in total. The van der Waals surface area contributed by atoms with Crippen LogP contribution in [0.15, 0.2) is 11.3 Å². The zero-order valence-electron chi connectivity index (χ0n) is 13.7. The minimum absolute atomic E-state index is 0. The predicted molar refractivity (Wildman–Crippen MR) is 99.5 cm³/mol. The second-order valence-electron chi connectivity index (χ2n) is 5.41. The summed E-state index contributed by atoms with van der Waals surface area (Å²) in [5, 5.41) is 10.8. The first kappa shape index (κ1) is 19.1. The molecular formula is C14H28IN7. The van der Waals surface area contributed by atoms with Crippen molar-refractivity contribution in [3.05, 3.63) is 12.2 Å². The van der Waals surface area contributed by atoms with Gasteiger partial charge in [-0.2, -0.15) is 5.10 Å². The number of hydrogen-bond acceptors (Lipinski definition) is 4. The Balaban J connectivity index is 0.00000242. The number of halogens is 1. The van der Waals surface area contributed by atoms with E-state index in [4.69, 9.17) is 0 Å². The fourth-order valence-corrected chi connectivity index (χ4v) is 2.72. The van der Waals surface area contributed by atoms with E-state index >= 15 is 0 Å². The van der Waals surface area contributed by atoms with E-state index in [0.717, 1.165) is 24.7 Å².